The van der Waals surface area contributed by atoms with Crippen molar-refractivity contribution in [1.29, 1.82) is 5.26 Å². The van der Waals surface area contributed by atoms with Gasteiger partial charge in [0.1, 0.15) is 0 Å². The number of benzene rings is 1. The molecule has 2 aromatic rings. The minimum absolute atomic E-state index is 0.401. The summed E-state index contributed by atoms with van der Waals surface area (Å²) >= 11 is 0. The number of allylic oxidation sites excluding steroid dienone is 2. The summed E-state index contributed by atoms with van der Waals surface area (Å²) in [6.07, 6.45) is 16.0. The Morgan fingerprint density at radius 1 is 1.23 bits per heavy atom. The zero-order valence-electron chi connectivity index (χ0n) is 21.2. The molecule has 184 valence electrons. The normalized spacial score (nSPS) is 15.7. The summed E-state index contributed by atoms with van der Waals surface area (Å²) in [7, 11) is 0. The van der Waals surface area contributed by atoms with Crippen molar-refractivity contribution in [3.63, 3.8) is 0 Å². The van der Waals surface area contributed by atoms with Gasteiger partial charge in [0.15, 0.2) is 0 Å². The number of nitrogens with one attached hydrogen (secondary N) is 1. The maximum atomic E-state index is 9.93. The summed E-state index contributed by atoms with van der Waals surface area (Å²) in [5, 5.41) is 11.6. The van der Waals surface area contributed by atoms with E-state index in [4.69, 9.17) is 11.5 Å². The number of hydrogen-bond acceptors (Lipinski definition) is 4. The molecule has 1 aromatic heterocycles. The van der Waals surface area contributed by atoms with Gasteiger partial charge in [-0.1, -0.05) is 58.2 Å². The van der Waals surface area contributed by atoms with Gasteiger partial charge in [-0.3, -0.25) is 4.99 Å². The fourth-order valence-corrected chi connectivity index (χ4v) is 4.76. The van der Waals surface area contributed by atoms with Crippen LogP contribution in [0.3, 0.4) is 0 Å². The van der Waals surface area contributed by atoms with Crippen molar-refractivity contribution in [2.75, 3.05) is 0 Å². The molecule has 5 N–H and O–H groups in total. The summed E-state index contributed by atoms with van der Waals surface area (Å²) < 4.78 is 0. The molecule has 0 spiro atoms. The first-order chi connectivity index (χ1) is 17.0. The Bertz CT molecular complexity index is 1230. The average Bonchev–Trinajstić information content (AvgIpc) is 3.20. The first-order valence-corrected chi connectivity index (χ1v) is 12.8. The van der Waals surface area contributed by atoms with Crippen molar-refractivity contribution in [1.82, 2.24) is 4.98 Å². The van der Waals surface area contributed by atoms with Crippen LogP contribution in [0, 0.1) is 17.2 Å². The summed E-state index contributed by atoms with van der Waals surface area (Å²) in [4.78, 5) is 7.99. The third-order valence-electron chi connectivity index (χ3n) is 6.89. The highest BCUT2D eigenvalue weighted by Gasteiger charge is 2.16. The Morgan fingerprint density at radius 2 is 1.97 bits per heavy atom. The lowest BCUT2D eigenvalue weighted by atomic mass is 9.88. The van der Waals surface area contributed by atoms with Gasteiger partial charge in [-0.15, -0.1) is 0 Å². The highest BCUT2D eigenvalue weighted by molar-refractivity contribution is 6.09. The van der Waals surface area contributed by atoms with Crippen LogP contribution < -0.4 is 22.0 Å². The number of rotatable bonds is 11. The van der Waals surface area contributed by atoms with Crippen molar-refractivity contribution >= 4 is 23.9 Å². The van der Waals surface area contributed by atoms with Crippen LogP contribution in [0.25, 0.3) is 17.7 Å². The molecule has 5 heteroatoms. The summed E-state index contributed by atoms with van der Waals surface area (Å²) in [5.74, 6) is 0.608. The third kappa shape index (κ3) is 6.54. The molecule has 0 bridgehead atoms. The van der Waals surface area contributed by atoms with E-state index in [9.17, 15) is 5.26 Å². The number of nitriles is 1. The molecule has 3 rings (SSSR count). The van der Waals surface area contributed by atoms with Crippen molar-refractivity contribution in [2.24, 2.45) is 22.4 Å². The Kier molecular flexibility index (Phi) is 9.55. The molecule has 0 atom stereocenters. The maximum Gasteiger partial charge on any atom is 0.0994 e. The number of aliphatic imine (C=N–C) groups is 1. The lowest BCUT2D eigenvalue weighted by Crippen LogP contribution is -2.23. The van der Waals surface area contributed by atoms with E-state index >= 15 is 0 Å². The molecule has 1 aliphatic carbocycles. The van der Waals surface area contributed by atoms with Crippen LogP contribution in [0.15, 0.2) is 47.7 Å². The summed E-state index contributed by atoms with van der Waals surface area (Å²) in [6.45, 7) is 8.67. The molecule has 0 radical (unpaired) electrons. The van der Waals surface area contributed by atoms with Gasteiger partial charge >= 0.3 is 0 Å². The van der Waals surface area contributed by atoms with E-state index in [0.29, 0.717) is 12.0 Å². The second-order valence-corrected chi connectivity index (χ2v) is 9.46. The first-order valence-electron chi connectivity index (χ1n) is 12.8. The van der Waals surface area contributed by atoms with Crippen molar-refractivity contribution in [2.45, 2.75) is 71.3 Å². The van der Waals surface area contributed by atoms with Crippen LogP contribution in [-0.2, 0) is 6.42 Å². The molecule has 0 unspecified atom stereocenters. The Labute approximate surface area is 209 Å². The quantitative estimate of drug-likeness (QED) is 0.417. The van der Waals surface area contributed by atoms with Crippen molar-refractivity contribution in [3.05, 3.63) is 75.7 Å². The number of aromatic nitrogens is 1. The van der Waals surface area contributed by atoms with Crippen LogP contribution >= 0.6 is 0 Å². The highest BCUT2D eigenvalue weighted by atomic mass is 14.8. The monoisotopic (exact) mass is 469 g/mol. The van der Waals surface area contributed by atoms with Gasteiger partial charge in [0.2, 0.25) is 0 Å². The van der Waals surface area contributed by atoms with Crippen LogP contribution in [0.2, 0.25) is 0 Å². The lowest BCUT2D eigenvalue weighted by Gasteiger charge is -2.20. The van der Waals surface area contributed by atoms with E-state index in [1.54, 1.807) is 6.20 Å². The Morgan fingerprint density at radius 3 is 2.54 bits per heavy atom. The molecule has 1 saturated carbocycles. The number of nitrogens with zero attached hydrogens (tertiary/aromatic N) is 2. The zero-order valence-corrected chi connectivity index (χ0v) is 21.2. The molecular formula is C30H39N5. The molecular weight excluding hydrogens is 430 g/mol. The average molecular weight is 470 g/mol. The second kappa shape index (κ2) is 12.8. The predicted octanol–water partition coefficient (Wildman–Crippen LogP) is 4.65. The standard InChI is InChI=1S/C30H39N5/c1-4-7-22(8-5-2)15-23-11-12-24(16-25(23)18-32)28(13-14-31)29-17-30(35-21(29)3)26(19-33)20-34-27-9-6-10-27/h11-14,16-17,19-20,22,27,35H,3-10,15,31,33H2,1-2H3/b14-13-,26-19?,29-28+,34-20?. The molecule has 35 heavy (non-hydrogen) atoms. The van der Waals surface area contributed by atoms with Crippen LogP contribution in [-0.4, -0.2) is 17.2 Å². The number of H-pyrrole nitrogens is 1. The smallest absolute Gasteiger partial charge is 0.0994 e. The SMILES string of the molecule is C=c1[nH]c(C(C=NC2CCC2)=CN)c/c1=C(/C=C\N)c1ccc(CC(CCC)CCC)c(C#N)c1. The fraction of sp³-hybridized carbons (Fsp3) is 0.400. The maximum absolute atomic E-state index is 9.93. The number of nitrogens with two attached hydrogens (primary N) is 2. The molecule has 5 nitrogen and oxygen atoms in total. The van der Waals surface area contributed by atoms with Gasteiger partial charge in [-0.25, -0.2) is 0 Å². The lowest BCUT2D eigenvalue weighted by molar-refractivity contribution is 0.421. The largest absolute Gasteiger partial charge is 0.405 e. The predicted molar refractivity (Wildman–Crippen MR) is 148 cm³/mol. The van der Waals surface area contributed by atoms with Crippen LogP contribution in [0.1, 0.15) is 81.2 Å². The molecule has 0 saturated heterocycles. The number of aromatic amines is 1. The van der Waals surface area contributed by atoms with Gasteiger partial charge in [-0.05, 0) is 72.7 Å². The molecule has 1 aromatic carbocycles. The van der Waals surface area contributed by atoms with Crippen LogP contribution in [0.4, 0.5) is 0 Å². The van der Waals surface area contributed by atoms with E-state index in [0.717, 1.165) is 76.2 Å². The second-order valence-electron chi connectivity index (χ2n) is 9.46. The Balaban J connectivity index is 2.01. The Hall–Kier alpha value is -3.52. The van der Waals surface area contributed by atoms with Gasteiger partial charge in [0, 0.05) is 40.3 Å². The molecule has 1 aliphatic rings. The molecule has 0 amide bonds. The van der Waals surface area contributed by atoms with E-state index in [1.165, 1.54) is 25.5 Å². The minimum Gasteiger partial charge on any atom is -0.405 e. The van der Waals surface area contributed by atoms with E-state index in [2.05, 4.69) is 48.6 Å². The fourth-order valence-electron chi connectivity index (χ4n) is 4.76. The molecule has 0 aliphatic heterocycles. The van der Waals surface area contributed by atoms with Crippen molar-refractivity contribution < 1.29 is 0 Å². The van der Waals surface area contributed by atoms with Crippen molar-refractivity contribution in [3.8, 4) is 6.07 Å². The summed E-state index contributed by atoms with van der Waals surface area (Å²) in [5.41, 5.74) is 17.1. The summed E-state index contributed by atoms with van der Waals surface area (Å²) in [6, 6.07) is 11.0. The van der Waals surface area contributed by atoms with Gasteiger partial charge in [-0.2, -0.15) is 5.26 Å². The van der Waals surface area contributed by atoms with E-state index in [1.807, 2.05) is 24.4 Å². The highest BCUT2D eigenvalue weighted by Crippen LogP contribution is 2.25. The topological polar surface area (TPSA) is 104 Å². The van der Waals surface area contributed by atoms with Gasteiger partial charge in [0.05, 0.1) is 11.6 Å². The van der Waals surface area contributed by atoms with Crippen LogP contribution in [0.5, 0.6) is 0 Å². The third-order valence-corrected chi connectivity index (χ3v) is 6.89. The molecule has 1 heterocycles. The first kappa shape index (κ1) is 26.1. The van der Waals surface area contributed by atoms with E-state index in [-0.39, 0.29) is 0 Å². The van der Waals surface area contributed by atoms with Gasteiger partial charge in [0.25, 0.3) is 0 Å². The van der Waals surface area contributed by atoms with E-state index < -0.39 is 0 Å². The number of hydrogen-bond donors (Lipinski definition) is 3. The van der Waals surface area contributed by atoms with Gasteiger partial charge < -0.3 is 16.5 Å². The molecule has 1 fully saturated rings. The zero-order chi connectivity index (χ0) is 25.2. The minimum atomic E-state index is 0.401.